The van der Waals surface area contributed by atoms with E-state index < -0.39 is 11.9 Å². The fourth-order valence-corrected chi connectivity index (χ4v) is 0.818. The van der Waals surface area contributed by atoms with E-state index in [1.165, 1.54) is 0 Å². The standard InChI is InChI=1S/C8H13O3.2C3H8O.Ti/c1-4-7(5-2)8(10)11-6(3)9;2*1-3(2)4;/h7H,3-5H2,1-2H3;2*3-4H,1-2H3;/q-1;;;. The Morgan fingerprint density at radius 3 is 1.40 bits per heavy atom. The second-order valence-electron chi connectivity index (χ2n) is 4.49. The van der Waals surface area contributed by atoms with Crippen LogP contribution >= 0.6 is 0 Å². The summed E-state index contributed by atoms with van der Waals surface area (Å²) in [6, 6.07) is 0. The minimum Gasteiger partial charge on any atom is -0.421 e. The molecule has 5 nitrogen and oxygen atoms in total. The molecular weight excluding hydrogens is 296 g/mol. The zero-order valence-corrected chi connectivity index (χ0v) is 15.0. The summed E-state index contributed by atoms with van der Waals surface area (Å²) < 4.78 is 4.31. The number of hydrogen-bond donors (Lipinski definition) is 2. The average molecular weight is 325 g/mol. The number of carbonyl (C=O) groups is 2. The van der Waals surface area contributed by atoms with E-state index >= 15 is 0 Å². The summed E-state index contributed by atoms with van der Waals surface area (Å²) in [4.78, 5) is 21.2. The molecule has 0 amide bonds. The van der Waals surface area contributed by atoms with Crippen molar-refractivity contribution < 1.29 is 46.3 Å². The molecule has 20 heavy (non-hydrogen) atoms. The topological polar surface area (TPSA) is 83.8 Å². The Hall–Kier alpha value is -0.356. The van der Waals surface area contributed by atoms with Gasteiger partial charge >= 0.3 is 5.97 Å². The van der Waals surface area contributed by atoms with Crippen LogP contribution in [-0.4, -0.2) is 34.4 Å². The van der Waals surface area contributed by atoms with Gasteiger partial charge in [0.15, 0.2) is 5.97 Å². The molecule has 0 aliphatic heterocycles. The Morgan fingerprint density at radius 1 is 1.00 bits per heavy atom. The van der Waals surface area contributed by atoms with E-state index in [1.54, 1.807) is 27.7 Å². The number of rotatable bonds is 3. The second-order valence-corrected chi connectivity index (χ2v) is 4.49. The van der Waals surface area contributed by atoms with Gasteiger partial charge in [0.05, 0.1) is 5.92 Å². The first-order valence-corrected chi connectivity index (χ1v) is 6.52. The van der Waals surface area contributed by atoms with E-state index in [4.69, 9.17) is 10.2 Å². The van der Waals surface area contributed by atoms with E-state index in [2.05, 4.69) is 11.7 Å². The molecule has 0 saturated carbocycles. The molecule has 0 spiro atoms. The van der Waals surface area contributed by atoms with Gasteiger partial charge in [0, 0.05) is 33.9 Å². The Kier molecular flexibility index (Phi) is 26.0. The van der Waals surface area contributed by atoms with E-state index in [0.29, 0.717) is 12.8 Å². The van der Waals surface area contributed by atoms with Crippen molar-refractivity contribution in [2.45, 2.75) is 66.6 Å². The molecular formula is C14H29O5Ti-. The molecule has 0 atom stereocenters. The van der Waals surface area contributed by atoms with Crippen LogP contribution in [0.1, 0.15) is 54.4 Å². The van der Waals surface area contributed by atoms with Gasteiger partial charge in [-0.05, 0) is 40.5 Å². The zero-order chi connectivity index (χ0) is 16.0. The minimum atomic E-state index is -0.776. The fourth-order valence-electron chi connectivity index (χ4n) is 0.818. The molecule has 0 fully saturated rings. The van der Waals surface area contributed by atoms with Crippen molar-refractivity contribution in [1.82, 2.24) is 0 Å². The third kappa shape index (κ3) is 36.1. The van der Waals surface area contributed by atoms with E-state index in [-0.39, 0.29) is 39.8 Å². The van der Waals surface area contributed by atoms with Gasteiger partial charge in [-0.3, -0.25) is 16.5 Å². The van der Waals surface area contributed by atoms with Gasteiger partial charge in [-0.1, -0.05) is 13.8 Å². The number of ether oxygens (including phenoxy) is 1. The molecule has 0 aromatic heterocycles. The smallest absolute Gasteiger partial charge is 0.314 e. The van der Waals surface area contributed by atoms with E-state index in [0.717, 1.165) is 0 Å². The summed E-state index contributed by atoms with van der Waals surface area (Å²) in [7, 11) is 0. The average Bonchev–Trinajstić information content (AvgIpc) is 2.16. The van der Waals surface area contributed by atoms with Gasteiger partial charge in [0.2, 0.25) is 0 Å². The van der Waals surface area contributed by atoms with Crippen LogP contribution in [0.25, 0.3) is 0 Å². The summed E-state index contributed by atoms with van der Waals surface area (Å²) >= 11 is 0. The van der Waals surface area contributed by atoms with Gasteiger partial charge in [-0.2, -0.15) is 0 Å². The number of aliphatic hydroxyl groups excluding tert-OH is 2. The van der Waals surface area contributed by atoms with Crippen molar-refractivity contribution >= 4 is 11.9 Å². The van der Waals surface area contributed by atoms with Gasteiger partial charge in [-0.15, -0.1) is 0 Å². The minimum absolute atomic E-state index is 0. The first kappa shape index (κ1) is 27.9. The maximum absolute atomic E-state index is 10.9. The van der Waals surface area contributed by atoms with Crippen molar-refractivity contribution in [3.05, 3.63) is 6.92 Å². The van der Waals surface area contributed by atoms with Crippen LogP contribution < -0.4 is 0 Å². The number of esters is 2. The largest absolute Gasteiger partial charge is 0.421 e. The maximum Gasteiger partial charge on any atom is 0.314 e. The summed E-state index contributed by atoms with van der Waals surface area (Å²) in [5.41, 5.74) is 0. The van der Waals surface area contributed by atoms with Crippen LogP contribution in [0.15, 0.2) is 0 Å². The summed E-state index contributed by atoms with van der Waals surface area (Å²) in [5.74, 6) is -1.40. The number of hydrogen-bond acceptors (Lipinski definition) is 5. The molecule has 0 bridgehead atoms. The molecule has 0 aromatic carbocycles. The van der Waals surface area contributed by atoms with Crippen LogP contribution in [0.2, 0.25) is 0 Å². The third-order valence-electron chi connectivity index (χ3n) is 1.53. The predicted octanol–water partition coefficient (Wildman–Crippen LogP) is 2.10. The number of carbonyl (C=O) groups excluding carboxylic acids is 2. The van der Waals surface area contributed by atoms with Crippen LogP contribution in [0.4, 0.5) is 0 Å². The van der Waals surface area contributed by atoms with Crippen LogP contribution in [0.3, 0.4) is 0 Å². The second kappa shape index (κ2) is 18.6. The van der Waals surface area contributed by atoms with Crippen LogP contribution in [0.5, 0.6) is 0 Å². The molecule has 0 aliphatic rings. The predicted molar refractivity (Wildman–Crippen MR) is 75.2 cm³/mol. The molecule has 0 aliphatic carbocycles. The molecule has 0 aromatic rings. The normalized spacial score (nSPS) is 8.95. The van der Waals surface area contributed by atoms with Crippen LogP contribution in [-0.2, 0) is 36.0 Å². The molecule has 0 saturated heterocycles. The zero-order valence-electron chi connectivity index (χ0n) is 13.5. The summed E-state index contributed by atoms with van der Waals surface area (Å²) in [6.45, 7) is 13.6. The van der Waals surface area contributed by atoms with Crippen molar-refractivity contribution in [3.8, 4) is 0 Å². The van der Waals surface area contributed by atoms with Gasteiger partial charge < -0.3 is 14.9 Å². The van der Waals surface area contributed by atoms with E-state index in [9.17, 15) is 9.59 Å². The Labute approximate surface area is 138 Å². The molecule has 2 N–H and O–H groups in total. The first-order valence-electron chi connectivity index (χ1n) is 6.52. The fraction of sp³-hybridized carbons (Fsp3) is 0.786. The molecule has 6 heteroatoms. The summed E-state index contributed by atoms with van der Waals surface area (Å²) in [6.07, 6.45) is 1.06. The Balaban J connectivity index is -0.000000119. The maximum atomic E-state index is 10.9. The van der Waals surface area contributed by atoms with Crippen molar-refractivity contribution in [2.24, 2.45) is 5.92 Å². The monoisotopic (exact) mass is 325 g/mol. The Morgan fingerprint density at radius 2 is 1.25 bits per heavy atom. The van der Waals surface area contributed by atoms with Gasteiger partial charge in [0.25, 0.3) is 0 Å². The molecule has 0 heterocycles. The quantitative estimate of drug-likeness (QED) is 0.359. The van der Waals surface area contributed by atoms with Crippen molar-refractivity contribution in [3.63, 3.8) is 0 Å². The summed E-state index contributed by atoms with van der Waals surface area (Å²) in [5, 5.41) is 16.1. The molecule has 120 valence electrons. The van der Waals surface area contributed by atoms with Gasteiger partial charge in [-0.25, -0.2) is 0 Å². The molecule has 0 radical (unpaired) electrons. The van der Waals surface area contributed by atoms with Gasteiger partial charge in [0.1, 0.15) is 0 Å². The molecule has 0 rings (SSSR count). The first-order chi connectivity index (χ1) is 8.58. The SMILES string of the molecule is CC(C)O.CC(C)O.[CH2-]C(=O)OC(=O)C(CC)CC.[Ti]. The van der Waals surface area contributed by atoms with E-state index in [1.807, 2.05) is 13.8 Å². The van der Waals surface area contributed by atoms with Crippen LogP contribution in [0, 0.1) is 12.8 Å². The third-order valence-corrected chi connectivity index (χ3v) is 1.53. The van der Waals surface area contributed by atoms with Crippen molar-refractivity contribution in [2.75, 3.05) is 0 Å². The molecule has 0 unspecified atom stereocenters. The number of aliphatic hydroxyl groups is 2. The van der Waals surface area contributed by atoms with Crippen molar-refractivity contribution in [1.29, 1.82) is 0 Å². The Bertz CT molecular complexity index is 214.